The predicted octanol–water partition coefficient (Wildman–Crippen LogP) is 5.59. The van der Waals surface area contributed by atoms with E-state index in [9.17, 15) is 14.0 Å². The third-order valence-corrected chi connectivity index (χ3v) is 6.84. The predicted molar refractivity (Wildman–Crippen MR) is 146 cm³/mol. The van der Waals surface area contributed by atoms with E-state index in [0.717, 1.165) is 11.1 Å². The third kappa shape index (κ3) is 5.48. The van der Waals surface area contributed by atoms with Crippen LogP contribution >= 0.6 is 0 Å². The van der Waals surface area contributed by atoms with E-state index < -0.39 is 17.4 Å². The molecule has 2 aromatic carbocycles. The van der Waals surface area contributed by atoms with Crippen molar-refractivity contribution in [3.63, 3.8) is 0 Å². The smallest absolute Gasteiger partial charge is 0.410 e. The van der Waals surface area contributed by atoms with Gasteiger partial charge in [0, 0.05) is 41.9 Å². The summed E-state index contributed by atoms with van der Waals surface area (Å²) in [6.07, 6.45) is 2.87. The summed E-state index contributed by atoms with van der Waals surface area (Å²) < 4.78 is 35.5. The van der Waals surface area contributed by atoms with E-state index in [2.05, 4.69) is 10.3 Å². The first-order valence-electron chi connectivity index (χ1n) is 12.8. The minimum Gasteiger partial charge on any atom is -0.444 e. The second-order valence-corrected chi connectivity index (χ2v) is 10.7. The molecule has 3 N–H and O–H groups in total. The second-order valence-electron chi connectivity index (χ2n) is 10.7. The summed E-state index contributed by atoms with van der Waals surface area (Å²) in [4.78, 5) is 29.9. The van der Waals surface area contributed by atoms with E-state index in [-0.39, 0.29) is 40.1 Å². The van der Waals surface area contributed by atoms with Gasteiger partial charge in [-0.1, -0.05) is 30.3 Å². The first kappa shape index (κ1) is 26.3. The number of fused-ring (bicyclic) bond motifs is 1. The van der Waals surface area contributed by atoms with Crippen LogP contribution in [0.15, 0.2) is 48.5 Å². The Labute approximate surface area is 225 Å². The Hall–Kier alpha value is -4.27. The van der Waals surface area contributed by atoms with Crippen LogP contribution in [0.2, 0.25) is 0 Å². The minimum absolute atomic E-state index is 0.131. The molecule has 5 rings (SSSR count). The fraction of sp³-hybridized carbons (Fsp3) is 0.300. The number of aromatic nitrogens is 1. The minimum atomic E-state index is -0.758. The molecule has 1 aromatic heterocycles. The number of carbonyl (C=O) groups excluding carboxylic acids is 2. The summed E-state index contributed by atoms with van der Waals surface area (Å²) in [7, 11) is 0. The fourth-order valence-corrected chi connectivity index (χ4v) is 4.86. The van der Waals surface area contributed by atoms with Crippen molar-refractivity contribution in [2.45, 2.75) is 39.2 Å². The molecule has 0 atom stereocenters. The van der Waals surface area contributed by atoms with Gasteiger partial charge in [-0.3, -0.25) is 4.79 Å². The molecule has 2 aliphatic heterocycles. The zero-order valence-corrected chi connectivity index (χ0v) is 22.1. The lowest BCUT2D eigenvalue weighted by atomic mass is 9.93. The summed E-state index contributed by atoms with van der Waals surface area (Å²) in [6, 6.07) is 11.6. The Bertz CT molecular complexity index is 1490. The number of anilines is 1. The number of rotatable bonds is 3. The van der Waals surface area contributed by atoms with E-state index >= 15 is 4.39 Å². The molecule has 3 heterocycles. The maximum Gasteiger partial charge on any atom is 0.410 e. The molecule has 0 saturated carbocycles. The first-order chi connectivity index (χ1) is 18.5. The van der Waals surface area contributed by atoms with Crippen LogP contribution in [0.25, 0.3) is 27.8 Å². The lowest BCUT2D eigenvalue weighted by molar-refractivity contribution is 0.0270. The van der Waals surface area contributed by atoms with Crippen molar-refractivity contribution >= 4 is 23.4 Å². The molecule has 39 heavy (non-hydrogen) atoms. The molecule has 3 aromatic rings. The number of hydrogen-bond donors (Lipinski definition) is 2. The number of benzene rings is 2. The van der Waals surface area contributed by atoms with Gasteiger partial charge in [0.1, 0.15) is 17.2 Å². The van der Waals surface area contributed by atoms with Crippen molar-refractivity contribution in [3.05, 3.63) is 77.0 Å². The highest BCUT2D eigenvalue weighted by Gasteiger charge is 2.25. The molecular formula is C30H30F2N4O3. The van der Waals surface area contributed by atoms with Gasteiger partial charge in [0.2, 0.25) is 5.95 Å². The maximum atomic E-state index is 15.1. The molecule has 0 spiro atoms. The maximum absolute atomic E-state index is 15.1. The first-order valence-corrected chi connectivity index (χ1v) is 12.8. The average molecular weight is 533 g/mol. The molecule has 7 nitrogen and oxygen atoms in total. The summed E-state index contributed by atoms with van der Waals surface area (Å²) in [5.74, 6) is -1.84. The van der Waals surface area contributed by atoms with Crippen LogP contribution in [0.4, 0.5) is 19.4 Å². The van der Waals surface area contributed by atoms with E-state index in [0.29, 0.717) is 43.6 Å². The highest BCUT2D eigenvalue weighted by Crippen LogP contribution is 2.35. The van der Waals surface area contributed by atoms with Crippen LogP contribution in [-0.4, -0.2) is 47.1 Å². The largest absolute Gasteiger partial charge is 0.444 e. The zero-order valence-electron chi connectivity index (χ0n) is 22.1. The number of halogens is 2. The molecule has 0 radical (unpaired) electrons. The topological polar surface area (TPSA) is 97.5 Å². The molecular weight excluding hydrogens is 502 g/mol. The molecule has 0 bridgehead atoms. The van der Waals surface area contributed by atoms with Gasteiger partial charge in [0.25, 0.3) is 5.91 Å². The number of hydrogen-bond acceptors (Lipinski definition) is 5. The number of nitrogen functional groups attached to an aromatic ring is 1. The standard InChI is InChI=1S/C30H30F2N4O3/c1-30(2,3)39-29(38)36-12-9-18(10-13-36)17-4-6-19(7-5-17)21-15-24(27(33)35-26(21)32)23-14-20-8-11-34-28(37)22(20)16-25(23)31/h4-7,9,14-16H,8,10-13H2,1-3H3,(H2,33,35)(H,34,37). The number of amides is 2. The summed E-state index contributed by atoms with van der Waals surface area (Å²) in [6.45, 7) is 6.95. The average Bonchev–Trinajstić information content (AvgIpc) is 2.89. The number of nitrogens with two attached hydrogens (primary N) is 1. The third-order valence-electron chi connectivity index (χ3n) is 6.84. The van der Waals surface area contributed by atoms with Crippen LogP contribution in [0.1, 0.15) is 48.7 Å². The van der Waals surface area contributed by atoms with E-state index in [1.807, 2.05) is 39.0 Å². The van der Waals surface area contributed by atoms with Gasteiger partial charge in [-0.15, -0.1) is 0 Å². The van der Waals surface area contributed by atoms with Crippen LogP contribution in [0, 0.1) is 11.8 Å². The molecule has 2 amide bonds. The van der Waals surface area contributed by atoms with Crippen LogP contribution in [0.5, 0.6) is 0 Å². The quantitative estimate of drug-likeness (QED) is 0.429. The fourth-order valence-electron chi connectivity index (χ4n) is 4.86. The van der Waals surface area contributed by atoms with Crippen molar-refractivity contribution in [2.75, 3.05) is 25.4 Å². The molecule has 0 unspecified atom stereocenters. The van der Waals surface area contributed by atoms with E-state index in [1.165, 1.54) is 12.1 Å². The van der Waals surface area contributed by atoms with Crippen molar-refractivity contribution in [1.29, 1.82) is 0 Å². The van der Waals surface area contributed by atoms with Gasteiger partial charge in [0.15, 0.2) is 0 Å². The number of ether oxygens (including phenoxy) is 1. The Morgan fingerprint density at radius 3 is 2.38 bits per heavy atom. The molecule has 9 heteroatoms. The Morgan fingerprint density at radius 1 is 1.00 bits per heavy atom. The number of nitrogens with one attached hydrogen (secondary N) is 1. The van der Waals surface area contributed by atoms with Crippen LogP contribution < -0.4 is 11.1 Å². The molecule has 2 aliphatic rings. The van der Waals surface area contributed by atoms with Crippen LogP contribution in [0.3, 0.4) is 0 Å². The second kappa shape index (κ2) is 10.1. The zero-order chi connectivity index (χ0) is 27.9. The molecule has 0 fully saturated rings. The van der Waals surface area contributed by atoms with Crippen molar-refractivity contribution in [1.82, 2.24) is 15.2 Å². The molecule has 202 valence electrons. The molecule has 0 aliphatic carbocycles. The van der Waals surface area contributed by atoms with Gasteiger partial charge in [-0.2, -0.15) is 4.39 Å². The van der Waals surface area contributed by atoms with Gasteiger partial charge in [0.05, 0.1) is 0 Å². The lowest BCUT2D eigenvalue weighted by Gasteiger charge is -2.29. The number of carbonyl (C=O) groups is 2. The van der Waals surface area contributed by atoms with Crippen molar-refractivity contribution in [2.24, 2.45) is 0 Å². The van der Waals surface area contributed by atoms with Gasteiger partial charge in [-0.25, -0.2) is 14.2 Å². The van der Waals surface area contributed by atoms with E-state index in [4.69, 9.17) is 10.5 Å². The highest BCUT2D eigenvalue weighted by atomic mass is 19.1. The summed E-state index contributed by atoms with van der Waals surface area (Å²) in [5, 5.41) is 2.70. The summed E-state index contributed by atoms with van der Waals surface area (Å²) >= 11 is 0. The number of pyridine rings is 1. The van der Waals surface area contributed by atoms with Gasteiger partial charge in [-0.05, 0) is 74.1 Å². The monoisotopic (exact) mass is 532 g/mol. The Balaban J connectivity index is 1.40. The van der Waals surface area contributed by atoms with Crippen LogP contribution in [-0.2, 0) is 11.2 Å². The molecule has 0 saturated heterocycles. The van der Waals surface area contributed by atoms with Gasteiger partial charge < -0.3 is 20.7 Å². The SMILES string of the molecule is CC(C)(C)OC(=O)N1CC=C(c2ccc(-c3cc(-c4cc5c(cc4F)C(=O)NCC5)c(N)nc3F)cc2)CC1. The van der Waals surface area contributed by atoms with Crippen molar-refractivity contribution in [3.8, 4) is 22.3 Å². The Kier molecular flexibility index (Phi) is 6.84. The Morgan fingerprint density at radius 2 is 1.72 bits per heavy atom. The highest BCUT2D eigenvalue weighted by molar-refractivity contribution is 5.97. The normalized spacial score (nSPS) is 15.4. The summed E-state index contributed by atoms with van der Waals surface area (Å²) in [5.41, 5.74) is 9.70. The lowest BCUT2D eigenvalue weighted by Crippen LogP contribution is -2.39. The van der Waals surface area contributed by atoms with Crippen molar-refractivity contribution < 1.29 is 23.1 Å². The van der Waals surface area contributed by atoms with E-state index in [1.54, 1.807) is 23.1 Å². The number of nitrogens with zero attached hydrogens (tertiary/aromatic N) is 2. The van der Waals surface area contributed by atoms with Gasteiger partial charge >= 0.3 is 6.09 Å².